The Balaban J connectivity index is 2.58. The van der Waals surface area contributed by atoms with E-state index in [1.165, 1.54) is 6.07 Å². The second kappa shape index (κ2) is 7.11. The molecule has 0 unspecified atom stereocenters. The minimum absolute atomic E-state index is 0.0266. The number of esters is 1. The van der Waals surface area contributed by atoms with Gasteiger partial charge in [-0.3, -0.25) is 4.99 Å². The molecule has 0 atom stereocenters. The maximum Gasteiger partial charge on any atom is 0.343 e. The number of aliphatic hydroxyl groups excluding tert-OH is 1. The molecule has 1 N–H and O–H groups in total. The Morgan fingerprint density at radius 1 is 1.41 bits per heavy atom. The van der Waals surface area contributed by atoms with E-state index in [2.05, 4.69) is 4.99 Å². The standard InChI is InChI=1S/C15H14Cl2FNO3/c1-2-22-15(21)13(12-4-3-5-19-12)14(20)8-6-11(18)10(17)7-9(8)16/h6-7,20H,2-5H2,1H3/b14-13-. The number of rotatable bonds is 4. The van der Waals surface area contributed by atoms with Crippen molar-refractivity contribution in [1.82, 2.24) is 0 Å². The fraction of sp³-hybridized carbons (Fsp3) is 0.333. The van der Waals surface area contributed by atoms with Gasteiger partial charge in [-0.15, -0.1) is 0 Å². The van der Waals surface area contributed by atoms with E-state index in [1.54, 1.807) is 6.92 Å². The van der Waals surface area contributed by atoms with Gasteiger partial charge in [0.1, 0.15) is 17.1 Å². The van der Waals surface area contributed by atoms with Crippen LogP contribution in [0, 0.1) is 5.82 Å². The number of carbonyl (C=O) groups excluding carboxylic acids is 1. The average Bonchev–Trinajstić information content (AvgIpc) is 2.97. The van der Waals surface area contributed by atoms with Crippen molar-refractivity contribution in [3.05, 3.63) is 39.1 Å². The summed E-state index contributed by atoms with van der Waals surface area (Å²) in [5.41, 5.74) is 0.326. The molecule has 1 aromatic carbocycles. The molecule has 0 aliphatic carbocycles. The van der Waals surface area contributed by atoms with E-state index >= 15 is 0 Å². The normalized spacial score (nSPS) is 15.4. The lowest BCUT2D eigenvalue weighted by atomic mass is 10.0. The molecule has 1 aliphatic heterocycles. The van der Waals surface area contributed by atoms with Crippen molar-refractivity contribution in [3.63, 3.8) is 0 Å². The molecule has 0 bridgehead atoms. The molecule has 0 saturated heterocycles. The summed E-state index contributed by atoms with van der Waals surface area (Å²) in [7, 11) is 0. The minimum atomic E-state index is -0.746. The molecule has 22 heavy (non-hydrogen) atoms. The molecule has 0 fully saturated rings. The first-order valence-electron chi connectivity index (χ1n) is 6.74. The van der Waals surface area contributed by atoms with Crippen molar-refractivity contribution >= 4 is 40.6 Å². The summed E-state index contributed by atoms with van der Waals surface area (Å²) in [4.78, 5) is 16.3. The Kier molecular flexibility index (Phi) is 5.42. The zero-order valence-electron chi connectivity index (χ0n) is 11.8. The van der Waals surface area contributed by atoms with Crippen molar-refractivity contribution in [2.45, 2.75) is 19.8 Å². The van der Waals surface area contributed by atoms with Gasteiger partial charge in [-0.1, -0.05) is 23.2 Å². The van der Waals surface area contributed by atoms with Crippen molar-refractivity contribution < 1.29 is 19.0 Å². The number of benzene rings is 1. The van der Waals surface area contributed by atoms with Crippen LogP contribution in [0.15, 0.2) is 22.7 Å². The third kappa shape index (κ3) is 3.42. The van der Waals surface area contributed by atoms with Gasteiger partial charge in [-0.25, -0.2) is 9.18 Å². The van der Waals surface area contributed by atoms with Crippen LogP contribution in [0.25, 0.3) is 5.76 Å². The van der Waals surface area contributed by atoms with Crippen LogP contribution in [-0.4, -0.2) is 29.9 Å². The molecule has 0 amide bonds. The Morgan fingerprint density at radius 3 is 2.73 bits per heavy atom. The van der Waals surface area contributed by atoms with Crippen LogP contribution in [0.2, 0.25) is 10.0 Å². The van der Waals surface area contributed by atoms with Gasteiger partial charge in [0.05, 0.1) is 22.4 Å². The van der Waals surface area contributed by atoms with E-state index in [0.29, 0.717) is 18.7 Å². The van der Waals surface area contributed by atoms with Gasteiger partial charge >= 0.3 is 5.97 Å². The lowest BCUT2D eigenvalue weighted by Gasteiger charge is -2.12. The van der Waals surface area contributed by atoms with Crippen LogP contribution >= 0.6 is 23.2 Å². The van der Waals surface area contributed by atoms with Gasteiger partial charge in [-0.05, 0) is 31.9 Å². The Labute approximate surface area is 137 Å². The number of halogens is 3. The summed E-state index contributed by atoms with van der Waals surface area (Å²) in [5.74, 6) is -1.92. The van der Waals surface area contributed by atoms with Crippen molar-refractivity contribution in [2.24, 2.45) is 4.99 Å². The van der Waals surface area contributed by atoms with E-state index < -0.39 is 17.5 Å². The number of hydrogen-bond acceptors (Lipinski definition) is 4. The summed E-state index contributed by atoms with van der Waals surface area (Å²) < 4.78 is 18.6. The number of aliphatic imine (C=N–C) groups is 1. The summed E-state index contributed by atoms with van der Waals surface area (Å²) in [6.45, 7) is 2.36. The molecule has 1 heterocycles. The Hall–Kier alpha value is -1.59. The Bertz CT molecular complexity index is 671. The van der Waals surface area contributed by atoms with Gasteiger partial charge in [0.25, 0.3) is 0 Å². The van der Waals surface area contributed by atoms with Crippen LogP contribution in [0.5, 0.6) is 0 Å². The molecular weight excluding hydrogens is 332 g/mol. The van der Waals surface area contributed by atoms with E-state index in [-0.39, 0.29) is 27.8 Å². The zero-order chi connectivity index (χ0) is 16.3. The zero-order valence-corrected chi connectivity index (χ0v) is 13.3. The molecule has 0 aromatic heterocycles. The summed E-state index contributed by atoms with van der Waals surface area (Å²) >= 11 is 11.6. The SMILES string of the molecule is CCOC(=O)/C(C1=NCCC1)=C(\O)c1cc(F)c(Cl)cc1Cl. The molecule has 1 aliphatic rings. The predicted molar refractivity (Wildman–Crippen MR) is 84.1 cm³/mol. The smallest absolute Gasteiger partial charge is 0.343 e. The maximum atomic E-state index is 13.6. The predicted octanol–water partition coefficient (Wildman–Crippen LogP) is 4.20. The lowest BCUT2D eigenvalue weighted by molar-refractivity contribution is -0.137. The first-order chi connectivity index (χ1) is 10.5. The summed E-state index contributed by atoms with van der Waals surface area (Å²) in [6, 6.07) is 2.15. The third-order valence-electron chi connectivity index (χ3n) is 3.14. The molecule has 4 nitrogen and oxygen atoms in total. The van der Waals surface area contributed by atoms with Gasteiger partial charge < -0.3 is 9.84 Å². The topological polar surface area (TPSA) is 58.9 Å². The Morgan fingerprint density at radius 2 is 2.14 bits per heavy atom. The van der Waals surface area contributed by atoms with Crippen molar-refractivity contribution in [3.8, 4) is 0 Å². The van der Waals surface area contributed by atoms with Gasteiger partial charge in [0.2, 0.25) is 0 Å². The van der Waals surface area contributed by atoms with E-state index in [0.717, 1.165) is 12.5 Å². The van der Waals surface area contributed by atoms with Crippen LogP contribution < -0.4 is 0 Å². The molecule has 118 valence electrons. The largest absolute Gasteiger partial charge is 0.506 e. The number of nitrogens with zero attached hydrogens (tertiary/aromatic N) is 1. The quantitative estimate of drug-likeness (QED) is 0.385. The number of carbonyl (C=O) groups is 1. The van der Waals surface area contributed by atoms with E-state index in [1.807, 2.05) is 0 Å². The highest BCUT2D eigenvalue weighted by Gasteiger charge is 2.26. The second-order valence-electron chi connectivity index (χ2n) is 4.62. The molecule has 2 rings (SSSR count). The highest BCUT2D eigenvalue weighted by Crippen LogP contribution is 2.31. The molecule has 0 spiro atoms. The molecule has 1 aromatic rings. The number of hydrogen-bond donors (Lipinski definition) is 1. The summed E-state index contributed by atoms with van der Waals surface area (Å²) in [5, 5.41) is 10.3. The summed E-state index contributed by atoms with van der Waals surface area (Å²) in [6.07, 6.45) is 1.31. The highest BCUT2D eigenvalue weighted by molar-refractivity contribution is 6.36. The van der Waals surface area contributed by atoms with Crippen LogP contribution in [0.1, 0.15) is 25.3 Å². The minimum Gasteiger partial charge on any atom is -0.506 e. The van der Waals surface area contributed by atoms with E-state index in [4.69, 9.17) is 27.9 Å². The van der Waals surface area contributed by atoms with Crippen LogP contribution in [0.4, 0.5) is 4.39 Å². The van der Waals surface area contributed by atoms with Gasteiger partial charge in [0, 0.05) is 12.1 Å². The van der Waals surface area contributed by atoms with Crippen molar-refractivity contribution in [1.29, 1.82) is 0 Å². The number of aliphatic hydroxyl groups is 1. The van der Waals surface area contributed by atoms with Crippen molar-refractivity contribution in [2.75, 3.05) is 13.2 Å². The van der Waals surface area contributed by atoms with Crippen LogP contribution in [-0.2, 0) is 9.53 Å². The average molecular weight is 346 g/mol. The maximum absolute atomic E-state index is 13.6. The highest BCUT2D eigenvalue weighted by atomic mass is 35.5. The first-order valence-corrected chi connectivity index (χ1v) is 7.50. The monoisotopic (exact) mass is 345 g/mol. The fourth-order valence-electron chi connectivity index (χ4n) is 2.14. The molecular formula is C15H14Cl2FNO3. The molecule has 0 saturated carbocycles. The van der Waals surface area contributed by atoms with Gasteiger partial charge in [-0.2, -0.15) is 0 Å². The van der Waals surface area contributed by atoms with Gasteiger partial charge in [0.15, 0.2) is 0 Å². The molecule has 7 heteroatoms. The van der Waals surface area contributed by atoms with E-state index in [9.17, 15) is 14.3 Å². The lowest BCUT2D eigenvalue weighted by Crippen LogP contribution is -2.17. The molecule has 0 radical (unpaired) electrons. The van der Waals surface area contributed by atoms with Crippen LogP contribution in [0.3, 0.4) is 0 Å². The third-order valence-corrected chi connectivity index (χ3v) is 3.75. The first kappa shape index (κ1) is 16.8. The number of ether oxygens (including phenoxy) is 1. The fourth-order valence-corrected chi connectivity index (χ4v) is 2.61. The second-order valence-corrected chi connectivity index (χ2v) is 5.44.